The van der Waals surface area contributed by atoms with Gasteiger partial charge in [-0.05, 0) is 26.8 Å². The highest BCUT2D eigenvalue weighted by Crippen LogP contribution is 2.21. The number of rotatable bonds is 4. The molecule has 0 aliphatic heterocycles. The first-order valence-corrected chi connectivity index (χ1v) is 5.96. The summed E-state index contributed by atoms with van der Waals surface area (Å²) in [4.78, 5) is 21.7. The summed E-state index contributed by atoms with van der Waals surface area (Å²) in [7, 11) is 0. The first-order valence-electron chi connectivity index (χ1n) is 5.96. The van der Waals surface area contributed by atoms with Crippen LogP contribution in [0.4, 0.5) is 11.4 Å². The first-order chi connectivity index (χ1) is 9.23. The molecule has 7 nitrogen and oxygen atoms in total. The van der Waals surface area contributed by atoms with E-state index in [9.17, 15) is 14.9 Å². The number of benzene rings is 1. The van der Waals surface area contributed by atoms with Gasteiger partial charge >= 0.3 is 0 Å². The van der Waals surface area contributed by atoms with E-state index in [-0.39, 0.29) is 29.2 Å². The Morgan fingerprint density at radius 3 is 2.60 bits per heavy atom. The Morgan fingerprint density at radius 1 is 1.45 bits per heavy atom. The quantitative estimate of drug-likeness (QED) is 0.643. The predicted octanol–water partition coefficient (Wildman–Crippen LogP) is 1.79. The van der Waals surface area contributed by atoms with Crippen LogP contribution >= 0.6 is 0 Å². The normalized spacial score (nSPS) is 10.5. The standard InChI is InChI=1S/C13H16N4O3/c1-13(2,3)16-12(18)8-15-11-5-4-10(17(19)20)6-9(11)7-14/h4-6,15H,8H2,1-3H3,(H,16,18). The third kappa shape index (κ3) is 4.57. The lowest BCUT2D eigenvalue weighted by atomic mass is 10.1. The third-order valence-electron chi connectivity index (χ3n) is 2.29. The molecule has 0 aliphatic rings. The van der Waals surface area contributed by atoms with Crippen LogP contribution in [0.25, 0.3) is 0 Å². The number of nitrogens with zero attached hydrogens (tertiary/aromatic N) is 2. The van der Waals surface area contributed by atoms with E-state index < -0.39 is 4.92 Å². The van der Waals surface area contributed by atoms with Gasteiger partial charge in [-0.15, -0.1) is 0 Å². The minimum atomic E-state index is -0.572. The van der Waals surface area contributed by atoms with E-state index in [2.05, 4.69) is 10.6 Å². The summed E-state index contributed by atoms with van der Waals surface area (Å²) in [6.07, 6.45) is 0. The molecular formula is C13H16N4O3. The van der Waals surface area contributed by atoms with Crippen LogP contribution in [0.3, 0.4) is 0 Å². The molecule has 0 aliphatic carbocycles. The van der Waals surface area contributed by atoms with Gasteiger partial charge in [0.25, 0.3) is 5.69 Å². The van der Waals surface area contributed by atoms with Crippen molar-refractivity contribution in [3.63, 3.8) is 0 Å². The van der Waals surface area contributed by atoms with Gasteiger partial charge in [-0.1, -0.05) is 0 Å². The number of anilines is 1. The molecule has 106 valence electrons. The van der Waals surface area contributed by atoms with Crippen molar-refractivity contribution in [1.82, 2.24) is 5.32 Å². The van der Waals surface area contributed by atoms with Crippen molar-refractivity contribution in [2.45, 2.75) is 26.3 Å². The average molecular weight is 276 g/mol. The Balaban J connectivity index is 2.77. The number of carbonyl (C=O) groups excluding carboxylic acids is 1. The topological polar surface area (TPSA) is 108 Å². The number of nitriles is 1. The van der Waals surface area contributed by atoms with Crippen molar-refractivity contribution in [3.05, 3.63) is 33.9 Å². The SMILES string of the molecule is CC(C)(C)NC(=O)CNc1ccc([N+](=O)[O-])cc1C#N. The largest absolute Gasteiger partial charge is 0.375 e. The summed E-state index contributed by atoms with van der Waals surface area (Å²) >= 11 is 0. The van der Waals surface area contributed by atoms with Gasteiger partial charge in [0.1, 0.15) is 6.07 Å². The summed E-state index contributed by atoms with van der Waals surface area (Å²) in [5, 5.41) is 25.1. The number of non-ortho nitro benzene ring substituents is 1. The number of nitro groups is 1. The Morgan fingerprint density at radius 2 is 2.10 bits per heavy atom. The molecule has 0 unspecified atom stereocenters. The summed E-state index contributed by atoms with van der Waals surface area (Å²) < 4.78 is 0. The minimum absolute atomic E-state index is 0.0102. The van der Waals surface area contributed by atoms with Gasteiger partial charge in [0.15, 0.2) is 0 Å². The predicted molar refractivity (Wildman–Crippen MR) is 74.2 cm³/mol. The van der Waals surface area contributed by atoms with Crippen LogP contribution in [0.2, 0.25) is 0 Å². The molecule has 0 saturated heterocycles. The number of hydrogen-bond acceptors (Lipinski definition) is 5. The Labute approximate surface area is 116 Å². The van der Waals surface area contributed by atoms with E-state index in [1.54, 1.807) is 0 Å². The lowest BCUT2D eigenvalue weighted by Gasteiger charge is -2.20. The van der Waals surface area contributed by atoms with Gasteiger partial charge in [0, 0.05) is 17.7 Å². The summed E-state index contributed by atoms with van der Waals surface area (Å²) in [5.41, 5.74) is 0.0166. The molecule has 1 rings (SSSR count). The molecule has 0 atom stereocenters. The first kappa shape index (κ1) is 15.4. The molecule has 0 bridgehead atoms. The molecule has 7 heteroatoms. The van der Waals surface area contributed by atoms with Crippen molar-refractivity contribution in [2.75, 3.05) is 11.9 Å². The molecular weight excluding hydrogens is 260 g/mol. The highest BCUT2D eigenvalue weighted by atomic mass is 16.6. The zero-order valence-electron chi connectivity index (χ0n) is 11.6. The van der Waals surface area contributed by atoms with Crippen molar-refractivity contribution in [2.24, 2.45) is 0 Å². The number of nitrogens with one attached hydrogen (secondary N) is 2. The minimum Gasteiger partial charge on any atom is -0.375 e. The van der Waals surface area contributed by atoms with Crippen LogP contribution in [0.15, 0.2) is 18.2 Å². The van der Waals surface area contributed by atoms with Crippen LogP contribution < -0.4 is 10.6 Å². The molecule has 1 amide bonds. The van der Waals surface area contributed by atoms with Gasteiger partial charge in [-0.2, -0.15) is 5.26 Å². The smallest absolute Gasteiger partial charge is 0.270 e. The van der Waals surface area contributed by atoms with Crippen molar-refractivity contribution in [3.8, 4) is 6.07 Å². The van der Waals surface area contributed by atoms with Crippen molar-refractivity contribution < 1.29 is 9.72 Å². The third-order valence-corrected chi connectivity index (χ3v) is 2.29. The molecule has 0 radical (unpaired) electrons. The second-order valence-electron chi connectivity index (χ2n) is 5.25. The molecule has 20 heavy (non-hydrogen) atoms. The van der Waals surface area contributed by atoms with Crippen molar-refractivity contribution in [1.29, 1.82) is 5.26 Å². The number of carbonyl (C=O) groups is 1. The highest BCUT2D eigenvalue weighted by Gasteiger charge is 2.15. The molecule has 0 saturated carbocycles. The lowest BCUT2D eigenvalue weighted by molar-refractivity contribution is -0.384. The second-order valence-corrected chi connectivity index (χ2v) is 5.25. The molecule has 1 aromatic rings. The zero-order chi connectivity index (χ0) is 15.3. The van der Waals surface area contributed by atoms with E-state index in [0.717, 1.165) is 0 Å². The fourth-order valence-electron chi connectivity index (χ4n) is 1.53. The Kier molecular flexibility index (Phi) is 4.64. The Hall–Kier alpha value is -2.62. The fraction of sp³-hybridized carbons (Fsp3) is 0.385. The molecule has 0 aromatic heterocycles. The Bertz CT molecular complexity index is 570. The van der Waals surface area contributed by atoms with Gasteiger partial charge in [-0.25, -0.2) is 0 Å². The van der Waals surface area contributed by atoms with Gasteiger partial charge in [0.05, 0.1) is 22.7 Å². The van der Waals surface area contributed by atoms with E-state index in [0.29, 0.717) is 5.69 Å². The van der Waals surface area contributed by atoms with E-state index in [1.165, 1.54) is 18.2 Å². The second kappa shape index (κ2) is 6.02. The van der Waals surface area contributed by atoms with Gasteiger partial charge in [0.2, 0.25) is 5.91 Å². The maximum Gasteiger partial charge on any atom is 0.270 e. The summed E-state index contributed by atoms with van der Waals surface area (Å²) in [6, 6.07) is 5.74. The number of amides is 1. The van der Waals surface area contributed by atoms with Crippen LogP contribution in [0.1, 0.15) is 26.3 Å². The lowest BCUT2D eigenvalue weighted by Crippen LogP contribution is -2.43. The summed E-state index contributed by atoms with van der Waals surface area (Å²) in [5.74, 6) is -0.222. The van der Waals surface area contributed by atoms with Crippen molar-refractivity contribution >= 4 is 17.3 Å². The highest BCUT2D eigenvalue weighted by molar-refractivity contribution is 5.82. The van der Waals surface area contributed by atoms with E-state index in [4.69, 9.17) is 5.26 Å². The maximum absolute atomic E-state index is 11.6. The maximum atomic E-state index is 11.6. The molecule has 1 aromatic carbocycles. The molecule has 2 N–H and O–H groups in total. The molecule has 0 fully saturated rings. The van der Waals surface area contributed by atoms with E-state index in [1.807, 2.05) is 26.8 Å². The average Bonchev–Trinajstić information content (AvgIpc) is 2.33. The number of nitro benzene ring substituents is 1. The van der Waals surface area contributed by atoms with Crippen LogP contribution in [0, 0.1) is 21.4 Å². The monoisotopic (exact) mass is 276 g/mol. The number of hydrogen-bond donors (Lipinski definition) is 2. The fourth-order valence-corrected chi connectivity index (χ4v) is 1.53. The zero-order valence-corrected chi connectivity index (χ0v) is 11.6. The van der Waals surface area contributed by atoms with Crippen LogP contribution in [-0.2, 0) is 4.79 Å². The summed E-state index contributed by atoms with van der Waals surface area (Å²) in [6.45, 7) is 5.57. The van der Waals surface area contributed by atoms with E-state index >= 15 is 0 Å². The van der Waals surface area contributed by atoms with Gasteiger partial charge < -0.3 is 10.6 Å². The van der Waals surface area contributed by atoms with Gasteiger partial charge in [-0.3, -0.25) is 14.9 Å². The molecule has 0 spiro atoms. The molecule has 0 heterocycles. The van der Waals surface area contributed by atoms with Crippen LogP contribution in [0.5, 0.6) is 0 Å². The van der Waals surface area contributed by atoms with Crippen LogP contribution in [-0.4, -0.2) is 22.9 Å².